The largest absolute Gasteiger partial charge is 0.469 e. The van der Waals surface area contributed by atoms with Crippen LogP contribution >= 0.6 is 0 Å². The Balaban J connectivity index is 2.64. The minimum Gasteiger partial charge on any atom is -0.469 e. The Morgan fingerprint density at radius 3 is 2.55 bits per heavy atom. The zero-order chi connectivity index (χ0) is 15.3. The Bertz CT molecular complexity index is 363. The number of hydrogen-bond donors (Lipinski definition) is 2. The molecule has 0 spiro atoms. The van der Waals surface area contributed by atoms with E-state index in [9.17, 15) is 22.8 Å². The number of halogens is 3. The number of rotatable bonds is 5. The van der Waals surface area contributed by atoms with Gasteiger partial charge < -0.3 is 15.8 Å². The van der Waals surface area contributed by atoms with Crippen molar-refractivity contribution >= 4 is 11.9 Å². The molecular formula is C11H18F3N3O3. The van der Waals surface area contributed by atoms with Gasteiger partial charge in [-0.25, -0.2) is 0 Å². The van der Waals surface area contributed by atoms with Crippen molar-refractivity contribution in [1.82, 2.24) is 10.2 Å². The molecule has 0 aliphatic carbocycles. The Hall–Kier alpha value is -1.35. The van der Waals surface area contributed by atoms with Crippen molar-refractivity contribution in [2.45, 2.75) is 18.6 Å². The third-order valence-electron chi connectivity index (χ3n) is 3.03. The Labute approximate surface area is 114 Å². The molecule has 20 heavy (non-hydrogen) atoms. The molecule has 1 saturated heterocycles. The zero-order valence-corrected chi connectivity index (χ0v) is 11.1. The number of carbonyl (C=O) groups excluding carboxylic acids is 2. The van der Waals surface area contributed by atoms with Gasteiger partial charge in [0.15, 0.2) is 0 Å². The Morgan fingerprint density at radius 1 is 1.40 bits per heavy atom. The molecule has 6 nitrogen and oxygen atoms in total. The van der Waals surface area contributed by atoms with Crippen LogP contribution in [0.25, 0.3) is 0 Å². The first-order valence-corrected chi connectivity index (χ1v) is 6.10. The number of alkyl halides is 3. The number of amides is 1. The molecule has 2 atom stereocenters. The normalized spacial score (nSPS) is 24.4. The molecule has 0 saturated carbocycles. The van der Waals surface area contributed by atoms with E-state index in [0.717, 1.165) is 0 Å². The van der Waals surface area contributed by atoms with Crippen LogP contribution in [0.5, 0.6) is 0 Å². The van der Waals surface area contributed by atoms with E-state index in [1.165, 1.54) is 7.11 Å². The van der Waals surface area contributed by atoms with Crippen LogP contribution in [0, 0.1) is 5.92 Å². The van der Waals surface area contributed by atoms with Crippen LogP contribution < -0.4 is 11.1 Å². The number of esters is 1. The van der Waals surface area contributed by atoms with Gasteiger partial charge in [0, 0.05) is 19.1 Å². The lowest BCUT2D eigenvalue weighted by Crippen LogP contribution is -2.54. The summed E-state index contributed by atoms with van der Waals surface area (Å²) in [6.07, 6.45) is -4.09. The van der Waals surface area contributed by atoms with Gasteiger partial charge in [0.1, 0.15) is 0 Å². The molecule has 9 heteroatoms. The number of nitrogens with two attached hydrogens (primary N) is 1. The van der Waals surface area contributed by atoms with E-state index in [1.807, 2.05) is 0 Å². The van der Waals surface area contributed by atoms with Crippen LogP contribution in [0.1, 0.15) is 6.42 Å². The lowest BCUT2D eigenvalue weighted by molar-refractivity contribution is -0.148. The highest BCUT2D eigenvalue weighted by atomic mass is 19.4. The summed E-state index contributed by atoms with van der Waals surface area (Å²) in [7, 11) is 1.22. The fraction of sp³-hybridized carbons (Fsp3) is 0.818. The quantitative estimate of drug-likeness (QED) is 0.668. The van der Waals surface area contributed by atoms with Crippen LogP contribution in [0.2, 0.25) is 0 Å². The van der Waals surface area contributed by atoms with Gasteiger partial charge in [0.25, 0.3) is 0 Å². The lowest BCUT2D eigenvalue weighted by Gasteiger charge is -2.36. The smallest absolute Gasteiger partial charge is 0.401 e. The minimum absolute atomic E-state index is 0.0995. The molecule has 0 aromatic heterocycles. The summed E-state index contributed by atoms with van der Waals surface area (Å²) in [5.74, 6) is -1.66. The van der Waals surface area contributed by atoms with Crippen molar-refractivity contribution in [1.29, 1.82) is 0 Å². The number of likely N-dealkylation sites (tertiary alicyclic amines) is 1. The first-order valence-electron chi connectivity index (χ1n) is 6.10. The van der Waals surface area contributed by atoms with Gasteiger partial charge in [-0.1, -0.05) is 0 Å². The molecule has 0 radical (unpaired) electrons. The molecular weight excluding hydrogens is 279 g/mol. The molecule has 0 bridgehead atoms. The third-order valence-corrected chi connectivity index (χ3v) is 3.03. The monoisotopic (exact) mass is 297 g/mol. The molecule has 2 unspecified atom stereocenters. The number of methoxy groups -OCH3 is 1. The SMILES string of the molecule is COC(=O)C1CC(NCC(F)(F)F)CN(CC(N)=O)C1. The highest BCUT2D eigenvalue weighted by Gasteiger charge is 2.35. The Morgan fingerprint density at radius 2 is 2.05 bits per heavy atom. The molecule has 1 heterocycles. The number of piperidine rings is 1. The van der Waals surface area contributed by atoms with Crippen LogP contribution in [0.4, 0.5) is 13.2 Å². The number of hydrogen-bond acceptors (Lipinski definition) is 5. The van der Waals surface area contributed by atoms with Gasteiger partial charge in [0.2, 0.25) is 5.91 Å². The molecule has 1 rings (SSSR count). The molecule has 1 aliphatic heterocycles. The number of ether oxygens (including phenoxy) is 1. The van der Waals surface area contributed by atoms with Crippen LogP contribution in [0.3, 0.4) is 0 Å². The molecule has 1 fully saturated rings. The van der Waals surface area contributed by atoms with E-state index < -0.39 is 36.6 Å². The van der Waals surface area contributed by atoms with Gasteiger partial charge in [-0.2, -0.15) is 13.2 Å². The van der Waals surface area contributed by atoms with Crippen molar-refractivity contribution in [2.75, 3.05) is 33.3 Å². The molecule has 1 amide bonds. The van der Waals surface area contributed by atoms with Gasteiger partial charge in [-0.05, 0) is 6.42 Å². The topological polar surface area (TPSA) is 84.7 Å². The van der Waals surface area contributed by atoms with Gasteiger partial charge >= 0.3 is 12.1 Å². The van der Waals surface area contributed by atoms with E-state index in [-0.39, 0.29) is 26.1 Å². The fourth-order valence-corrected chi connectivity index (χ4v) is 2.29. The minimum atomic E-state index is -4.33. The van der Waals surface area contributed by atoms with Crippen molar-refractivity contribution in [2.24, 2.45) is 11.7 Å². The summed E-state index contributed by atoms with van der Waals surface area (Å²) in [6, 6.07) is -0.547. The second-order valence-corrected chi connectivity index (χ2v) is 4.81. The van der Waals surface area contributed by atoms with Gasteiger partial charge in [-0.15, -0.1) is 0 Å². The number of nitrogens with zero attached hydrogens (tertiary/aromatic N) is 1. The van der Waals surface area contributed by atoms with Gasteiger partial charge in [-0.3, -0.25) is 14.5 Å². The van der Waals surface area contributed by atoms with Crippen molar-refractivity contribution < 1.29 is 27.5 Å². The molecule has 3 N–H and O–H groups in total. The summed E-state index contributed by atoms with van der Waals surface area (Å²) in [5, 5.41) is 2.35. The van der Waals surface area contributed by atoms with Crippen molar-refractivity contribution in [3.63, 3.8) is 0 Å². The molecule has 0 aromatic rings. The summed E-state index contributed by atoms with van der Waals surface area (Å²) < 4.78 is 41.2. The summed E-state index contributed by atoms with van der Waals surface area (Å²) in [5.41, 5.74) is 5.07. The highest BCUT2D eigenvalue weighted by Crippen LogP contribution is 2.20. The van der Waals surface area contributed by atoms with E-state index in [0.29, 0.717) is 0 Å². The fourth-order valence-electron chi connectivity index (χ4n) is 2.29. The van der Waals surface area contributed by atoms with Crippen LogP contribution in [0.15, 0.2) is 0 Å². The Kier molecular flexibility index (Phi) is 5.75. The zero-order valence-electron chi connectivity index (χ0n) is 11.1. The standard InChI is InChI=1S/C11H18F3N3O3/c1-20-10(19)7-2-8(16-6-11(12,13)14)4-17(3-7)5-9(15)18/h7-8,16H,2-6H2,1H3,(H2,15,18). The molecule has 1 aliphatic rings. The average Bonchev–Trinajstić information content (AvgIpc) is 2.33. The first kappa shape index (κ1) is 16.7. The van der Waals surface area contributed by atoms with E-state index >= 15 is 0 Å². The average molecular weight is 297 g/mol. The van der Waals surface area contributed by atoms with Crippen LogP contribution in [-0.2, 0) is 14.3 Å². The van der Waals surface area contributed by atoms with Crippen LogP contribution in [-0.4, -0.2) is 62.3 Å². The molecule has 0 aromatic carbocycles. The summed E-state index contributed by atoms with van der Waals surface area (Å²) in [6.45, 7) is -0.764. The molecule has 116 valence electrons. The van der Waals surface area contributed by atoms with E-state index in [4.69, 9.17) is 5.73 Å². The highest BCUT2D eigenvalue weighted by molar-refractivity contribution is 5.76. The maximum Gasteiger partial charge on any atom is 0.401 e. The second kappa shape index (κ2) is 6.89. The number of carbonyl (C=O) groups is 2. The number of primary amides is 1. The predicted octanol–water partition coefficient (Wildman–Crippen LogP) is -0.513. The summed E-state index contributed by atoms with van der Waals surface area (Å²) in [4.78, 5) is 24.0. The second-order valence-electron chi connectivity index (χ2n) is 4.81. The van der Waals surface area contributed by atoms with E-state index in [1.54, 1.807) is 4.90 Å². The predicted molar refractivity (Wildman–Crippen MR) is 63.6 cm³/mol. The van der Waals surface area contributed by atoms with Gasteiger partial charge in [0.05, 0.1) is 26.1 Å². The maximum absolute atomic E-state index is 12.2. The number of nitrogens with one attached hydrogen (secondary N) is 1. The lowest BCUT2D eigenvalue weighted by atomic mass is 9.94. The van der Waals surface area contributed by atoms with Crippen molar-refractivity contribution in [3.8, 4) is 0 Å². The van der Waals surface area contributed by atoms with Crippen molar-refractivity contribution in [3.05, 3.63) is 0 Å². The first-order chi connectivity index (χ1) is 9.21. The third kappa shape index (κ3) is 5.74. The van der Waals surface area contributed by atoms with E-state index in [2.05, 4.69) is 10.1 Å². The summed E-state index contributed by atoms with van der Waals surface area (Å²) >= 11 is 0. The maximum atomic E-state index is 12.2.